The maximum Gasteiger partial charge on any atom is 0.123 e. The van der Waals surface area contributed by atoms with Crippen LogP contribution in [0.25, 0.3) is 34.0 Å². The van der Waals surface area contributed by atoms with Crippen molar-refractivity contribution in [3.63, 3.8) is 0 Å². The molecule has 2 saturated carbocycles. The van der Waals surface area contributed by atoms with Gasteiger partial charge in [0, 0.05) is 18.1 Å². The zero-order valence-electron chi connectivity index (χ0n) is 27.5. The minimum atomic E-state index is -0.246. The van der Waals surface area contributed by atoms with Crippen LogP contribution < -0.4 is 0 Å². The van der Waals surface area contributed by atoms with E-state index in [-0.39, 0.29) is 36.5 Å². The fraction of sp³-hybridized carbons (Fsp3) is 0.436. The van der Waals surface area contributed by atoms with Gasteiger partial charge >= 0.3 is 0 Å². The van der Waals surface area contributed by atoms with Crippen LogP contribution in [0.5, 0.6) is 0 Å². The lowest BCUT2D eigenvalue weighted by molar-refractivity contribution is 0.100. The Morgan fingerprint density at radius 3 is 1.69 bits per heavy atom. The van der Waals surface area contributed by atoms with Gasteiger partial charge < -0.3 is 5.11 Å². The molecule has 4 aromatic rings. The summed E-state index contributed by atoms with van der Waals surface area (Å²) in [7, 11) is 0. The highest BCUT2D eigenvalue weighted by Crippen LogP contribution is 2.52. The molecule has 0 spiro atoms. The van der Waals surface area contributed by atoms with Gasteiger partial charge in [0.2, 0.25) is 0 Å². The summed E-state index contributed by atoms with van der Waals surface area (Å²) < 4.78 is 30.1. The number of nitrogens with zero attached hydrogens (tertiary/aromatic N) is 7. The number of rotatable bonds is 5. The number of aromatic nitrogens is 4. The van der Waals surface area contributed by atoms with E-state index < -0.39 is 0 Å². The van der Waals surface area contributed by atoms with Gasteiger partial charge in [-0.3, -0.25) is 0 Å². The zero-order chi connectivity index (χ0) is 33.5. The van der Waals surface area contributed by atoms with E-state index in [0.717, 1.165) is 74.1 Å². The topological polar surface area (TPSA) is 105 Å². The third kappa shape index (κ3) is 6.24. The molecule has 0 radical (unpaired) electrons. The van der Waals surface area contributed by atoms with E-state index in [1.54, 1.807) is 24.3 Å². The lowest BCUT2D eigenvalue weighted by Gasteiger charge is -2.45. The lowest BCUT2D eigenvalue weighted by Crippen LogP contribution is -2.38. The third-order valence-electron chi connectivity index (χ3n) is 11.5. The summed E-state index contributed by atoms with van der Waals surface area (Å²) in [4.78, 5) is 2.95. The molecule has 0 saturated heterocycles. The monoisotopic (exact) mass is 665 g/mol. The third-order valence-corrected chi connectivity index (χ3v) is 11.5. The van der Waals surface area contributed by atoms with E-state index in [4.69, 9.17) is 5.53 Å². The molecule has 4 aliphatic carbocycles. The SMILES string of the molecule is C.C[C@]12Cc3cnn(-c4ccc(F)cc4)c3C=C1CCC[C@@H]2CN=[N+]=[N-].C[C@]12Cc3cnn(-c4ccc(F)cc4)c3C=C1CCC[C@@H]2CO. The molecule has 2 fully saturated rings. The van der Waals surface area contributed by atoms with E-state index >= 15 is 0 Å². The predicted octanol–water partition coefficient (Wildman–Crippen LogP) is 9.45. The summed E-state index contributed by atoms with van der Waals surface area (Å²) in [5.74, 6) is 0.207. The van der Waals surface area contributed by atoms with E-state index in [2.05, 4.69) is 46.2 Å². The first-order valence-electron chi connectivity index (χ1n) is 16.9. The molecule has 0 unspecified atom stereocenters. The lowest BCUT2D eigenvalue weighted by atomic mass is 9.60. The summed E-state index contributed by atoms with van der Waals surface area (Å²) in [6.45, 7) is 5.35. The normalized spacial score (nSPS) is 25.0. The van der Waals surface area contributed by atoms with Gasteiger partial charge in [-0.2, -0.15) is 10.2 Å². The molecule has 8 rings (SSSR count). The summed E-state index contributed by atoms with van der Waals surface area (Å²) in [6, 6.07) is 12.9. The minimum Gasteiger partial charge on any atom is -0.396 e. The number of aliphatic hydroxyl groups is 1. The molecule has 2 aromatic carbocycles. The first-order chi connectivity index (χ1) is 23.2. The molecule has 0 amide bonds. The van der Waals surface area contributed by atoms with Crippen molar-refractivity contribution in [3.05, 3.63) is 117 Å². The van der Waals surface area contributed by atoms with Crippen molar-refractivity contribution in [2.24, 2.45) is 27.8 Å². The Morgan fingerprint density at radius 2 is 1.24 bits per heavy atom. The number of hydrogen-bond acceptors (Lipinski definition) is 4. The molecule has 4 atom stereocenters. The highest BCUT2D eigenvalue weighted by atomic mass is 19.1. The van der Waals surface area contributed by atoms with Gasteiger partial charge in [-0.25, -0.2) is 18.1 Å². The number of aliphatic hydroxyl groups excluding tert-OH is 1. The maximum absolute atomic E-state index is 13.2. The number of hydrogen-bond donors (Lipinski definition) is 1. The van der Waals surface area contributed by atoms with Gasteiger partial charge in [-0.15, -0.1) is 0 Å². The molecule has 8 nitrogen and oxygen atoms in total. The highest BCUT2D eigenvalue weighted by Gasteiger charge is 2.44. The first-order valence-corrected chi connectivity index (χ1v) is 16.9. The fourth-order valence-electron chi connectivity index (χ4n) is 8.58. The molecule has 2 aromatic heterocycles. The van der Waals surface area contributed by atoms with Crippen LogP contribution in [0.1, 0.15) is 82.3 Å². The van der Waals surface area contributed by atoms with Crippen molar-refractivity contribution in [2.45, 2.75) is 72.6 Å². The van der Waals surface area contributed by atoms with Crippen molar-refractivity contribution in [1.29, 1.82) is 0 Å². The van der Waals surface area contributed by atoms with Crippen LogP contribution >= 0.6 is 0 Å². The quantitative estimate of drug-likeness (QED) is 0.130. The van der Waals surface area contributed by atoms with Gasteiger partial charge in [-0.05, 0) is 151 Å². The Hall–Kier alpha value is -4.53. The molecular weight excluding hydrogens is 620 g/mol. The molecule has 0 aliphatic heterocycles. The van der Waals surface area contributed by atoms with Crippen LogP contribution in [-0.4, -0.2) is 37.8 Å². The van der Waals surface area contributed by atoms with E-state index in [1.807, 2.05) is 21.8 Å². The molecule has 2 heterocycles. The van der Waals surface area contributed by atoms with E-state index in [1.165, 1.54) is 46.5 Å². The molecule has 4 aliphatic rings. The van der Waals surface area contributed by atoms with E-state index in [0.29, 0.717) is 18.4 Å². The maximum atomic E-state index is 13.2. The average Bonchev–Trinajstić information content (AvgIpc) is 3.68. The second-order valence-electron chi connectivity index (χ2n) is 14.2. The zero-order valence-corrected chi connectivity index (χ0v) is 27.5. The molecule has 49 heavy (non-hydrogen) atoms. The standard InChI is InChI=1S/C19H20FN5.C19H21FN2O.CH4/c1-19-10-13-11-23-25(17-7-5-16(20)6-8-17)18(13)9-14(19)3-2-4-15(19)12-22-24-21;1-19-10-13-11-21-22(17-7-5-16(20)6-8-17)18(13)9-14(19)3-2-4-15(19)12-23;/h5-9,11,15H,2-4,10,12H2,1H3;5-9,11,15,23H,2-4,10,12H2,1H3;1H4/t2*15-,19+;/m11./s1. The Kier molecular flexibility index (Phi) is 9.65. The van der Waals surface area contributed by atoms with Gasteiger partial charge in [0.25, 0.3) is 0 Å². The molecule has 256 valence electrons. The van der Waals surface area contributed by atoms with Crippen LogP contribution in [0.2, 0.25) is 0 Å². The smallest absolute Gasteiger partial charge is 0.123 e. The molecule has 10 heteroatoms. The Labute approximate surface area is 286 Å². The van der Waals surface area contributed by atoms with E-state index in [9.17, 15) is 13.9 Å². The average molecular weight is 666 g/mol. The van der Waals surface area contributed by atoms with Gasteiger partial charge in [0.05, 0.1) is 35.2 Å². The minimum absolute atomic E-state index is 0. The van der Waals surface area contributed by atoms with Crippen molar-refractivity contribution in [2.75, 3.05) is 13.2 Å². The summed E-state index contributed by atoms with van der Waals surface area (Å²) in [5, 5.41) is 22.7. The number of azide groups is 1. The van der Waals surface area contributed by atoms with Gasteiger partial charge in [-0.1, -0.05) is 37.5 Å². The molecular formula is C39H45F2N7O. The molecule has 1 N–H and O–H groups in total. The predicted molar refractivity (Wildman–Crippen MR) is 189 cm³/mol. The van der Waals surface area contributed by atoms with Gasteiger partial charge in [0.1, 0.15) is 11.6 Å². The van der Waals surface area contributed by atoms with Gasteiger partial charge in [0.15, 0.2) is 0 Å². The van der Waals surface area contributed by atoms with Crippen LogP contribution in [0.3, 0.4) is 0 Å². The van der Waals surface area contributed by atoms with Crippen LogP contribution in [-0.2, 0) is 12.8 Å². The Balaban J connectivity index is 0.000000167. The number of allylic oxidation sites excluding steroid dienone is 2. The summed E-state index contributed by atoms with van der Waals surface area (Å²) in [6.07, 6.45) is 16.7. The van der Waals surface area contributed by atoms with Crippen molar-refractivity contribution >= 4 is 12.2 Å². The first kappa shape index (κ1) is 34.3. The van der Waals surface area contributed by atoms with Crippen molar-refractivity contribution < 1.29 is 13.9 Å². The summed E-state index contributed by atoms with van der Waals surface area (Å²) >= 11 is 0. The second-order valence-corrected chi connectivity index (χ2v) is 14.2. The number of benzene rings is 2. The van der Waals surface area contributed by atoms with Crippen molar-refractivity contribution in [3.8, 4) is 11.4 Å². The van der Waals surface area contributed by atoms with Crippen LogP contribution in [0.15, 0.2) is 77.2 Å². The molecule has 0 bridgehead atoms. The fourth-order valence-corrected chi connectivity index (χ4v) is 8.58. The number of fused-ring (bicyclic) bond motifs is 4. The van der Waals surface area contributed by atoms with Crippen molar-refractivity contribution in [1.82, 2.24) is 19.6 Å². The summed E-state index contributed by atoms with van der Waals surface area (Å²) in [5.41, 5.74) is 17.9. The Morgan fingerprint density at radius 1 is 0.796 bits per heavy atom. The second kappa shape index (κ2) is 13.8. The largest absolute Gasteiger partial charge is 0.396 e. The van der Waals surface area contributed by atoms with Crippen LogP contribution in [0, 0.1) is 34.3 Å². The highest BCUT2D eigenvalue weighted by molar-refractivity contribution is 5.62. The Bertz CT molecular complexity index is 1920. The van der Waals surface area contributed by atoms with Crippen LogP contribution in [0.4, 0.5) is 8.78 Å². The number of halogens is 2.